The van der Waals surface area contributed by atoms with Crippen LogP contribution in [0.1, 0.15) is 41.3 Å². The van der Waals surface area contributed by atoms with Gasteiger partial charge < -0.3 is 13.8 Å². The molecule has 1 aliphatic heterocycles. The molecule has 0 aliphatic carbocycles. The first-order valence-electron chi connectivity index (χ1n) is 8.13. The number of hydrogen-bond donors (Lipinski definition) is 0. The zero-order valence-corrected chi connectivity index (χ0v) is 14.0. The zero-order chi connectivity index (χ0) is 16.7. The lowest BCUT2D eigenvalue weighted by Gasteiger charge is -2.07. The number of nitrogens with zero attached hydrogens (tertiary/aromatic N) is 3. The van der Waals surface area contributed by atoms with Gasteiger partial charge in [-0.2, -0.15) is 4.98 Å². The summed E-state index contributed by atoms with van der Waals surface area (Å²) in [5, 5.41) is 8.14. The van der Waals surface area contributed by atoms with Gasteiger partial charge in [0.2, 0.25) is 11.7 Å². The van der Waals surface area contributed by atoms with Gasteiger partial charge in [-0.3, -0.25) is 0 Å². The fraction of sp³-hybridized carbons (Fsp3) is 0.389. The van der Waals surface area contributed by atoms with Crippen molar-refractivity contribution in [3.8, 4) is 17.1 Å². The molecule has 0 unspecified atom stereocenters. The van der Waals surface area contributed by atoms with Gasteiger partial charge in [0.1, 0.15) is 11.5 Å². The van der Waals surface area contributed by atoms with Gasteiger partial charge in [0.05, 0.1) is 12.3 Å². The van der Waals surface area contributed by atoms with Gasteiger partial charge in [-0.25, -0.2) is 0 Å². The fourth-order valence-corrected chi connectivity index (χ4v) is 3.34. The standard InChI is InChI=1S/C18H19N3O3/c1-10(17-11(2)20-23-12(17)3)8-16-19-18(21-24-16)14-4-5-15-13(9-14)6-7-22-15/h4-5,9-10H,6-8H2,1-3H3/t10-/m0/s1. The van der Waals surface area contributed by atoms with Crippen molar-refractivity contribution >= 4 is 0 Å². The van der Waals surface area contributed by atoms with Crippen molar-refractivity contribution in [1.29, 1.82) is 0 Å². The normalized spacial score (nSPS) is 14.5. The molecule has 1 atom stereocenters. The number of aromatic nitrogens is 3. The second-order valence-corrected chi connectivity index (χ2v) is 6.28. The van der Waals surface area contributed by atoms with E-state index in [2.05, 4.69) is 28.3 Å². The third kappa shape index (κ3) is 2.58. The molecule has 2 aromatic heterocycles. The Morgan fingerprint density at radius 3 is 2.83 bits per heavy atom. The van der Waals surface area contributed by atoms with Crippen molar-refractivity contribution in [1.82, 2.24) is 15.3 Å². The highest BCUT2D eigenvalue weighted by Crippen LogP contribution is 2.30. The summed E-state index contributed by atoms with van der Waals surface area (Å²) in [7, 11) is 0. The molecule has 0 bridgehead atoms. The van der Waals surface area contributed by atoms with E-state index in [1.54, 1.807) is 0 Å². The summed E-state index contributed by atoms with van der Waals surface area (Å²) in [4.78, 5) is 4.55. The molecule has 6 nitrogen and oxygen atoms in total. The molecule has 0 spiro atoms. The molecule has 0 amide bonds. The second kappa shape index (κ2) is 5.78. The van der Waals surface area contributed by atoms with Gasteiger partial charge >= 0.3 is 0 Å². The van der Waals surface area contributed by atoms with E-state index < -0.39 is 0 Å². The number of ether oxygens (including phenoxy) is 1. The number of aryl methyl sites for hydroxylation is 2. The van der Waals surface area contributed by atoms with Gasteiger partial charge in [-0.15, -0.1) is 0 Å². The average molecular weight is 325 g/mol. The minimum Gasteiger partial charge on any atom is -0.493 e. The maximum atomic E-state index is 5.53. The van der Waals surface area contributed by atoms with Crippen LogP contribution in [0.2, 0.25) is 0 Å². The summed E-state index contributed by atoms with van der Waals surface area (Å²) >= 11 is 0. The van der Waals surface area contributed by atoms with E-state index in [-0.39, 0.29) is 5.92 Å². The van der Waals surface area contributed by atoms with E-state index in [1.165, 1.54) is 5.56 Å². The summed E-state index contributed by atoms with van der Waals surface area (Å²) in [6.07, 6.45) is 1.58. The van der Waals surface area contributed by atoms with Crippen LogP contribution >= 0.6 is 0 Å². The van der Waals surface area contributed by atoms with E-state index in [0.29, 0.717) is 18.1 Å². The largest absolute Gasteiger partial charge is 0.493 e. The van der Waals surface area contributed by atoms with Crippen LogP contribution in [0.25, 0.3) is 11.4 Å². The van der Waals surface area contributed by atoms with Crippen LogP contribution in [0.15, 0.2) is 27.2 Å². The molecule has 4 rings (SSSR count). The monoisotopic (exact) mass is 325 g/mol. The number of fused-ring (bicyclic) bond motifs is 1. The lowest BCUT2D eigenvalue weighted by Crippen LogP contribution is -2.01. The van der Waals surface area contributed by atoms with Gasteiger partial charge in [-0.05, 0) is 43.5 Å². The summed E-state index contributed by atoms with van der Waals surface area (Å²) in [6.45, 7) is 6.74. The molecule has 124 valence electrons. The minimum absolute atomic E-state index is 0.206. The minimum atomic E-state index is 0.206. The molecule has 3 heterocycles. The maximum absolute atomic E-state index is 5.53. The van der Waals surface area contributed by atoms with Crippen LogP contribution in [0.5, 0.6) is 5.75 Å². The average Bonchev–Trinajstić information content (AvgIpc) is 3.27. The fourth-order valence-electron chi connectivity index (χ4n) is 3.34. The molecule has 1 aliphatic rings. The molecular formula is C18H19N3O3. The van der Waals surface area contributed by atoms with Crippen molar-refractivity contribution in [2.24, 2.45) is 0 Å². The highest BCUT2D eigenvalue weighted by Gasteiger charge is 2.20. The van der Waals surface area contributed by atoms with Crippen LogP contribution in [-0.2, 0) is 12.8 Å². The molecule has 3 aromatic rings. The Hall–Kier alpha value is -2.63. The van der Waals surface area contributed by atoms with Crippen LogP contribution in [0.4, 0.5) is 0 Å². The van der Waals surface area contributed by atoms with Crippen LogP contribution in [0.3, 0.4) is 0 Å². The zero-order valence-electron chi connectivity index (χ0n) is 14.0. The Labute approximate surface area is 139 Å². The van der Waals surface area contributed by atoms with E-state index >= 15 is 0 Å². The van der Waals surface area contributed by atoms with E-state index in [1.807, 2.05) is 26.0 Å². The van der Waals surface area contributed by atoms with E-state index in [0.717, 1.165) is 41.4 Å². The van der Waals surface area contributed by atoms with Crippen molar-refractivity contribution in [2.45, 2.75) is 39.5 Å². The molecular weight excluding hydrogens is 306 g/mol. The Bertz CT molecular complexity index is 862. The topological polar surface area (TPSA) is 74.2 Å². The van der Waals surface area contributed by atoms with Crippen molar-refractivity contribution in [2.75, 3.05) is 6.61 Å². The predicted octanol–water partition coefficient (Wildman–Crippen LogP) is 3.62. The lowest BCUT2D eigenvalue weighted by atomic mass is 9.96. The number of benzene rings is 1. The van der Waals surface area contributed by atoms with Crippen molar-refractivity contribution in [3.05, 3.63) is 46.7 Å². The van der Waals surface area contributed by atoms with Crippen LogP contribution in [0, 0.1) is 13.8 Å². The van der Waals surface area contributed by atoms with Gasteiger partial charge in [0.25, 0.3) is 0 Å². The number of hydrogen-bond acceptors (Lipinski definition) is 6. The SMILES string of the molecule is Cc1noc(C)c1[C@@H](C)Cc1nc(-c2ccc3c(c2)CCO3)no1. The van der Waals surface area contributed by atoms with Crippen LogP contribution in [-0.4, -0.2) is 21.9 Å². The number of rotatable bonds is 4. The van der Waals surface area contributed by atoms with Gasteiger partial charge in [-0.1, -0.05) is 17.2 Å². The van der Waals surface area contributed by atoms with Gasteiger partial charge in [0.15, 0.2) is 0 Å². The summed E-state index contributed by atoms with van der Waals surface area (Å²) in [5.74, 6) is 3.24. The maximum Gasteiger partial charge on any atom is 0.227 e. The molecule has 0 saturated heterocycles. The molecule has 0 saturated carbocycles. The predicted molar refractivity (Wildman–Crippen MR) is 87.0 cm³/mol. The first kappa shape index (κ1) is 14.9. The van der Waals surface area contributed by atoms with Crippen LogP contribution < -0.4 is 4.74 Å². The Kier molecular flexibility index (Phi) is 3.59. The van der Waals surface area contributed by atoms with E-state index in [9.17, 15) is 0 Å². The molecule has 1 aromatic carbocycles. The Balaban J connectivity index is 1.55. The third-order valence-electron chi connectivity index (χ3n) is 4.48. The highest BCUT2D eigenvalue weighted by molar-refractivity contribution is 5.59. The summed E-state index contributed by atoms with van der Waals surface area (Å²) in [6, 6.07) is 6.02. The first-order valence-corrected chi connectivity index (χ1v) is 8.13. The Morgan fingerprint density at radius 2 is 2.04 bits per heavy atom. The molecule has 0 radical (unpaired) electrons. The molecule has 6 heteroatoms. The van der Waals surface area contributed by atoms with E-state index in [4.69, 9.17) is 13.8 Å². The summed E-state index contributed by atoms with van der Waals surface area (Å²) < 4.78 is 16.2. The quantitative estimate of drug-likeness (QED) is 0.729. The second-order valence-electron chi connectivity index (χ2n) is 6.28. The van der Waals surface area contributed by atoms with Crippen molar-refractivity contribution in [3.63, 3.8) is 0 Å². The molecule has 0 fully saturated rings. The van der Waals surface area contributed by atoms with Crippen molar-refractivity contribution < 1.29 is 13.8 Å². The highest BCUT2D eigenvalue weighted by atomic mass is 16.5. The molecule has 24 heavy (non-hydrogen) atoms. The summed E-state index contributed by atoms with van der Waals surface area (Å²) in [5.41, 5.74) is 4.19. The first-order chi connectivity index (χ1) is 11.6. The third-order valence-corrected chi connectivity index (χ3v) is 4.48. The molecule has 0 N–H and O–H groups in total. The van der Waals surface area contributed by atoms with Gasteiger partial charge in [0, 0.05) is 24.0 Å². The lowest BCUT2D eigenvalue weighted by molar-refractivity contribution is 0.357. The Morgan fingerprint density at radius 1 is 1.17 bits per heavy atom. The smallest absolute Gasteiger partial charge is 0.227 e.